The number of nitrogens with two attached hydrogens (primary N) is 1. The molecule has 0 bridgehead atoms. The van der Waals surface area contributed by atoms with Gasteiger partial charge >= 0.3 is 0 Å². The molecule has 3 N–H and O–H groups in total. The van der Waals surface area contributed by atoms with Crippen LogP contribution in [0.15, 0.2) is 59.8 Å². The van der Waals surface area contributed by atoms with Gasteiger partial charge in [-0.2, -0.15) is 10.2 Å². The van der Waals surface area contributed by atoms with Gasteiger partial charge in [0.05, 0.1) is 19.9 Å². The fraction of sp³-hybridized carbons (Fsp3) is 0.143. The third kappa shape index (κ3) is 6.31. The molecular weight excluding hydrogens is 422 g/mol. The number of carbonyl (C=O) groups excluding carboxylic acids is 2. The second kappa shape index (κ2) is 10.3. The molecule has 0 saturated heterocycles. The van der Waals surface area contributed by atoms with Crippen LogP contribution < -0.4 is 20.6 Å². The van der Waals surface area contributed by atoms with Crippen LogP contribution in [0.5, 0.6) is 11.5 Å². The monoisotopic (exact) mass is 441 g/mol. The number of methoxy groups -OCH3 is 1. The zero-order valence-electron chi connectivity index (χ0n) is 16.6. The molecule has 1 aromatic heterocycles. The molecule has 2 amide bonds. The van der Waals surface area contributed by atoms with Gasteiger partial charge in [-0.05, 0) is 47.5 Å². The summed E-state index contributed by atoms with van der Waals surface area (Å²) in [5, 5.41) is 8.84. The minimum atomic E-state index is -0.608. The molecule has 0 saturated carbocycles. The van der Waals surface area contributed by atoms with E-state index in [1.165, 1.54) is 13.3 Å². The maximum Gasteiger partial charge on any atom is 0.291 e. The Morgan fingerprint density at radius 3 is 2.68 bits per heavy atom. The summed E-state index contributed by atoms with van der Waals surface area (Å²) in [6.45, 7) is 0.222. The number of primary amides is 1. The molecule has 160 valence electrons. The second-order valence-electron chi connectivity index (χ2n) is 6.39. The minimum Gasteiger partial charge on any atom is -0.493 e. The smallest absolute Gasteiger partial charge is 0.291 e. The Balaban J connectivity index is 1.60. The van der Waals surface area contributed by atoms with E-state index >= 15 is 0 Å². The number of nitrogens with zero attached hydrogens (tertiary/aromatic N) is 3. The predicted octanol–water partition coefficient (Wildman–Crippen LogP) is 2.22. The zero-order valence-corrected chi connectivity index (χ0v) is 17.4. The maximum absolute atomic E-state index is 12.3. The summed E-state index contributed by atoms with van der Waals surface area (Å²) in [4.78, 5) is 23.2. The van der Waals surface area contributed by atoms with Gasteiger partial charge in [0.25, 0.3) is 11.8 Å². The largest absolute Gasteiger partial charge is 0.493 e. The standard InChI is InChI=1S/C21H20ClN5O4/c1-30-18-7-4-15(10-19(18)31-13-20(23)28)11-24-25-21(29)17-8-9-27(26-17)12-14-2-5-16(22)6-3-14/h2-11H,12-13H2,1H3,(H2,23,28)(H,25,29)/b24-11-. The second-order valence-corrected chi connectivity index (χ2v) is 6.83. The first-order valence-corrected chi connectivity index (χ1v) is 9.53. The van der Waals surface area contributed by atoms with Crippen LogP contribution >= 0.6 is 11.6 Å². The van der Waals surface area contributed by atoms with Crippen molar-refractivity contribution in [3.05, 3.63) is 76.6 Å². The van der Waals surface area contributed by atoms with Gasteiger partial charge in [-0.3, -0.25) is 14.3 Å². The first-order valence-electron chi connectivity index (χ1n) is 9.15. The molecule has 0 aliphatic carbocycles. The first kappa shape index (κ1) is 21.8. The van der Waals surface area contributed by atoms with E-state index in [-0.39, 0.29) is 12.3 Å². The van der Waals surface area contributed by atoms with Crippen LogP contribution in [0.2, 0.25) is 5.02 Å². The molecule has 2 aromatic carbocycles. The average Bonchev–Trinajstić information content (AvgIpc) is 3.22. The van der Waals surface area contributed by atoms with Crippen molar-refractivity contribution < 1.29 is 19.1 Å². The van der Waals surface area contributed by atoms with E-state index in [1.807, 2.05) is 12.1 Å². The first-order chi connectivity index (χ1) is 14.9. The molecule has 9 nitrogen and oxygen atoms in total. The van der Waals surface area contributed by atoms with Gasteiger partial charge in [0, 0.05) is 11.2 Å². The topological polar surface area (TPSA) is 121 Å². The number of hydrogen-bond acceptors (Lipinski definition) is 6. The number of aromatic nitrogens is 2. The molecule has 0 unspecified atom stereocenters. The molecule has 0 aliphatic heterocycles. The highest BCUT2D eigenvalue weighted by molar-refractivity contribution is 6.30. The molecule has 1 heterocycles. The van der Waals surface area contributed by atoms with Crippen molar-refractivity contribution in [1.29, 1.82) is 0 Å². The fourth-order valence-corrected chi connectivity index (χ4v) is 2.73. The van der Waals surface area contributed by atoms with E-state index in [9.17, 15) is 9.59 Å². The van der Waals surface area contributed by atoms with Crippen LogP contribution in [-0.2, 0) is 11.3 Å². The number of ether oxygens (including phenoxy) is 2. The van der Waals surface area contributed by atoms with Gasteiger partial charge in [-0.15, -0.1) is 0 Å². The summed E-state index contributed by atoms with van der Waals surface area (Å²) < 4.78 is 12.1. The van der Waals surface area contributed by atoms with Crippen LogP contribution in [0.3, 0.4) is 0 Å². The van der Waals surface area contributed by atoms with Crippen LogP contribution in [0.25, 0.3) is 0 Å². The molecule has 0 radical (unpaired) electrons. The predicted molar refractivity (Wildman–Crippen MR) is 116 cm³/mol. The third-order valence-corrected chi connectivity index (χ3v) is 4.32. The van der Waals surface area contributed by atoms with E-state index in [4.69, 9.17) is 26.8 Å². The van der Waals surface area contributed by atoms with E-state index in [2.05, 4.69) is 15.6 Å². The Hall–Kier alpha value is -3.85. The molecule has 0 spiro atoms. The maximum atomic E-state index is 12.3. The summed E-state index contributed by atoms with van der Waals surface area (Å²) in [7, 11) is 1.48. The summed E-state index contributed by atoms with van der Waals surface area (Å²) in [6.07, 6.45) is 3.14. The van der Waals surface area contributed by atoms with Crippen LogP contribution in [0, 0.1) is 0 Å². The van der Waals surface area contributed by atoms with E-state index in [0.29, 0.717) is 28.6 Å². The number of halogens is 1. The molecule has 0 atom stereocenters. The van der Waals surface area contributed by atoms with Crippen molar-refractivity contribution in [2.24, 2.45) is 10.8 Å². The normalized spacial score (nSPS) is 10.8. The Morgan fingerprint density at radius 1 is 1.19 bits per heavy atom. The van der Waals surface area contributed by atoms with Gasteiger partial charge in [-0.1, -0.05) is 23.7 Å². The lowest BCUT2D eigenvalue weighted by atomic mass is 10.2. The lowest BCUT2D eigenvalue weighted by molar-refractivity contribution is -0.119. The van der Waals surface area contributed by atoms with Gasteiger partial charge in [-0.25, -0.2) is 5.43 Å². The molecule has 3 aromatic rings. The highest BCUT2D eigenvalue weighted by atomic mass is 35.5. The number of hydrogen-bond donors (Lipinski definition) is 2. The van der Waals surface area contributed by atoms with Crippen LogP contribution in [0.1, 0.15) is 21.6 Å². The molecule has 31 heavy (non-hydrogen) atoms. The van der Waals surface area contributed by atoms with Gasteiger partial charge < -0.3 is 15.2 Å². The van der Waals surface area contributed by atoms with Crippen molar-refractivity contribution in [3.8, 4) is 11.5 Å². The fourth-order valence-electron chi connectivity index (χ4n) is 2.61. The van der Waals surface area contributed by atoms with Crippen LogP contribution in [-0.4, -0.2) is 41.5 Å². The third-order valence-electron chi connectivity index (χ3n) is 4.07. The SMILES string of the molecule is COc1ccc(/C=N\NC(=O)c2ccn(Cc3ccc(Cl)cc3)n2)cc1OCC(N)=O. The highest BCUT2D eigenvalue weighted by Crippen LogP contribution is 2.27. The van der Waals surface area contributed by atoms with E-state index in [0.717, 1.165) is 5.56 Å². The highest BCUT2D eigenvalue weighted by Gasteiger charge is 2.10. The Labute approximate surface area is 183 Å². The van der Waals surface area contributed by atoms with E-state index < -0.39 is 11.8 Å². The molecule has 10 heteroatoms. The minimum absolute atomic E-state index is 0.228. The Kier molecular flexibility index (Phi) is 7.23. The lowest BCUT2D eigenvalue weighted by Gasteiger charge is -2.09. The summed E-state index contributed by atoms with van der Waals surface area (Å²) in [6, 6.07) is 14.0. The van der Waals surface area contributed by atoms with Crippen molar-refractivity contribution >= 4 is 29.6 Å². The van der Waals surface area contributed by atoms with Crippen LogP contribution in [0.4, 0.5) is 0 Å². The number of benzene rings is 2. The van der Waals surface area contributed by atoms with Crippen molar-refractivity contribution in [1.82, 2.24) is 15.2 Å². The molecule has 0 fully saturated rings. The number of amides is 2. The summed E-state index contributed by atoms with van der Waals surface area (Å²) in [5.41, 5.74) is 9.37. The van der Waals surface area contributed by atoms with Gasteiger partial charge in [0.2, 0.25) is 0 Å². The molecular formula is C21H20ClN5O4. The molecule has 0 aliphatic rings. The Morgan fingerprint density at radius 2 is 1.97 bits per heavy atom. The number of rotatable bonds is 9. The van der Waals surface area contributed by atoms with Crippen molar-refractivity contribution in [2.45, 2.75) is 6.54 Å². The van der Waals surface area contributed by atoms with Gasteiger partial charge in [0.15, 0.2) is 23.8 Å². The number of carbonyl (C=O) groups is 2. The zero-order chi connectivity index (χ0) is 22.2. The van der Waals surface area contributed by atoms with E-state index in [1.54, 1.807) is 47.3 Å². The molecule has 3 rings (SSSR count). The number of hydrazone groups is 1. The van der Waals surface area contributed by atoms with Crippen molar-refractivity contribution in [2.75, 3.05) is 13.7 Å². The summed E-state index contributed by atoms with van der Waals surface area (Å²) >= 11 is 5.88. The summed E-state index contributed by atoms with van der Waals surface area (Å²) in [5.74, 6) is -0.292. The van der Waals surface area contributed by atoms with Gasteiger partial charge in [0.1, 0.15) is 0 Å². The van der Waals surface area contributed by atoms with Crippen molar-refractivity contribution in [3.63, 3.8) is 0 Å². The lowest BCUT2D eigenvalue weighted by Crippen LogP contribution is -2.20. The Bertz CT molecular complexity index is 1100. The number of nitrogens with one attached hydrogen (secondary N) is 1. The quantitative estimate of drug-likeness (QED) is 0.389. The average molecular weight is 442 g/mol.